The molecule has 0 aliphatic carbocycles. The molecule has 0 aromatic heterocycles. The number of aliphatic hydroxyl groups excluding tert-OH is 1. The molecule has 1 heterocycles. The molecule has 4 atom stereocenters. The summed E-state index contributed by atoms with van der Waals surface area (Å²) in [4.78, 5) is 24.8. The summed E-state index contributed by atoms with van der Waals surface area (Å²) in [5, 5.41) is 14.9. The van der Waals surface area contributed by atoms with Gasteiger partial charge in [-0.25, -0.2) is 4.79 Å². The fourth-order valence-electron chi connectivity index (χ4n) is 5.55. The molecular formula is C38H42N2O7S. The molecule has 0 radical (unpaired) electrons. The molecule has 2 amide bonds. The molecular weight excluding hydrogens is 628 g/mol. The molecule has 1 aliphatic rings. The zero-order chi connectivity index (χ0) is 33.9. The minimum atomic E-state index is -0.611. The van der Waals surface area contributed by atoms with Crippen molar-refractivity contribution >= 4 is 23.8 Å². The molecule has 10 heteroatoms. The van der Waals surface area contributed by atoms with Crippen molar-refractivity contribution in [2.75, 3.05) is 26.0 Å². The smallest absolute Gasteiger partial charge is 0.325 e. The van der Waals surface area contributed by atoms with Gasteiger partial charge in [-0.15, -0.1) is 11.8 Å². The van der Waals surface area contributed by atoms with E-state index in [-0.39, 0.29) is 44.4 Å². The van der Waals surface area contributed by atoms with Gasteiger partial charge in [0.25, 0.3) is 0 Å². The first kappa shape index (κ1) is 35.0. The molecule has 9 nitrogen and oxygen atoms in total. The number of carbonyl (C=O) groups is 2. The highest BCUT2D eigenvalue weighted by Gasteiger charge is 2.38. The van der Waals surface area contributed by atoms with Gasteiger partial charge >= 0.3 is 12.0 Å². The van der Waals surface area contributed by atoms with Crippen molar-refractivity contribution in [2.45, 2.75) is 50.4 Å². The van der Waals surface area contributed by atoms with Crippen molar-refractivity contribution in [1.29, 1.82) is 0 Å². The summed E-state index contributed by atoms with van der Waals surface area (Å²) in [6, 6.07) is 31.5. The number of rotatable bonds is 13. The lowest BCUT2D eigenvalue weighted by atomic mass is 9.91. The summed E-state index contributed by atoms with van der Waals surface area (Å²) in [7, 11) is 1.68. The lowest BCUT2D eigenvalue weighted by molar-refractivity contribution is -0.268. The summed E-state index contributed by atoms with van der Waals surface area (Å²) in [5.41, 5.74) is 5.64. The number of aliphatic hydroxyl groups is 1. The second-order valence-corrected chi connectivity index (χ2v) is 12.5. The van der Waals surface area contributed by atoms with Crippen LogP contribution in [0.2, 0.25) is 0 Å². The van der Waals surface area contributed by atoms with Crippen molar-refractivity contribution in [1.82, 2.24) is 10.6 Å². The van der Waals surface area contributed by atoms with Gasteiger partial charge in [-0.1, -0.05) is 79.7 Å². The Labute approximate surface area is 286 Å². The topological polar surface area (TPSA) is 115 Å². The maximum absolute atomic E-state index is 12.2. The highest BCUT2D eigenvalue weighted by atomic mass is 32.2. The van der Waals surface area contributed by atoms with Crippen LogP contribution in [0, 0.1) is 5.92 Å². The summed E-state index contributed by atoms with van der Waals surface area (Å²) in [5.74, 6) is 1.10. The van der Waals surface area contributed by atoms with Crippen molar-refractivity contribution in [3.8, 4) is 16.9 Å². The lowest BCUT2D eigenvalue weighted by Gasteiger charge is -2.41. The van der Waals surface area contributed by atoms with E-state index in [0.29, 0.717) is 5.75 Å². The van der Waals surface area contributed by atoms with Crippen LogP contribution >= 0.6 is 11.8 Å². The van der Waals surface area contributed by atoms with Crippen molar-refractivity contribution in [2.24, 2.45) is 5.92 Å². The van der Waals surface area contributed by atoms with Gasteiger partial charge in [0.15, 0.2) is 6.29 Å². The third-order valence-corrected chi connectivity index (χ3v) is 9.31. The van der Waals surface area contributed by atoms with E-state index in [1.165, 1.54) is 0 Å². The second-order valence-electron chi connectivity index (χ2n) is 11.5. The minimum absolute atomic E-state index is 0.0159. The molecule has 0 bridgehead atoms. The summed E-state index contributed by atoms with van der Waals surface area (Å²) in [6.07, 6.45) is -0.970. The van der Waals surface area contributed by atoms with Gasteiger partial charge in [-0.2, -0.15) is 0 Å². The van der Waals surface area contributed by atoms with Gasteiger partial charge in [0.05, 0.1) is 32.5 Å². The van der Waals surface area contributed by atoms with Gasteiger partial charge in [0.1, 0.15) is 12.3 Å². The quantitative estimate of drug-likeness (QED) is 0.105. The second kappa shape index (κ2) is 17.2. The van der Waals surface area contributed by atoms with Crippen molar-refractivity contribution < 1.29 is 33.6 Å². The standard InChI is InChI=1S/C38H42N2O7S/c1-4-45-35(42)22-40-38(43)39-21-27-9-7-10-29(19-27)30-11-8-12-31(20-30)37-46-33(24-48-34-14-6-5-13-32(34)44-3)25(2)36(47-37)28-17-15-26(23-41)16-18-28/h5-20,25,33,36-37,41H,4,21-24H2,1-3H3,(H2,39,40,43)/t25-,33+,36+,37+/m1/s1. The summed E-state index contributed by atoms with van der Waals surface area (Å²) in [6.45, 7) is 4.22. The molecule has 1 aliphatic heterocycles. The van der Waals surface area contributed by atoms with Crippen LogP contribution in [-0.4, -0.2) is 49.2 Å². The Balaban J connectivity index is 1.33. The first-order valence-corrected chi connectivity index (χ1v) is 17.0. The molecule has 5 rings (SSSR count). The number of benzene rings is 4. The van der Waals surface area contributed by atoms with Gasteiger partial charge in [-0.3, -0.25) is 4.79 Å². The summed E-state index contributed by atoms with van der Waals surface area (Å²) >= 11 is 1.70. The van der Waals surface area contributed by atoms with Gasteiger partial charge in [0, 0.05) is 28.7 Å². The third kappa shape index (κ3) is 9.17. The molecule has 1 fully saturated rings. The fourth-order valence-corrected chi connectivity index (χ4v) is 6.75. The number of esters is 1. The largest absolute Gasteiger partial charge is 0.496 e. The zero-order valence-electron chi connectivity index (χ0n) is 27.4. The van der Waals surface area contributed by atoms with Crippen LogP contribution in [0.3, 0.4) is 0 Å². The molecule has 4 aromatic carbocycles. The molecule has 48 heavy (non-hydrogen) atoms. The Kier molecular flexibility index (Phi) is 12.5. The van der Waals surface area contributed by atoms with E-state index in [2.05, 4.69) is 29.7 Å². The number of para-hydroxylation sites is 1. The molecule has 252 valence electrons. The van der Waals surface area contributed by atoms with Crippen LogP contribution in [0.5, 0.6) is 5.75 Å². The maximum Gasteiger partial charge on any atom is 0.325 e. The average Bonchev–Trinajstić information content (AvgIpc) is 3.13. The van der Waals surface area contributed by atoms with Gasteiger partial charge in [-0.05, 0) is 59.0 Å². The lowest BCUT2D eigenvalue weighted by Crippen LogP contribution is -2.38. The van der Waals surface area contributed by atoms with Crippen LogP contribution in [0.4, 0.5) is 4.79 Å². The predicted octanol–water partition coefficient (Wildman–Crippen LogP) is 6.80. The molecule has 0 unspecified atom stereocenters. The highest BCUT2D eigenvalue weighted by Crippen LogP contribution is 2.44. The fraction of sp³-hybridized carbons (Fsp3) is 0.316. The molecule has 0 spiro atoms. The number of hydrogen-bond donors (Lipinski definition) is 3. The number of ether oxygens (including phenoxy) is 4. The van der Waals surface area contributed by atoms with E-state index in [4.69, 9.17) is 18.9 Å². The maximum atomic E-state index is 12.2. The average molecular weight is 671 g/mol. The van der Waals surface area contributed by atoms with Crippen LogP contribution < -0.4 is 15.4 Å². The Morgan fingerprint density at radius 1 is 0.854 bits per heavy atom. The number of methoxy groups -OCH3 is 1. The SMILES string of the molecule is CCOC(=O)CNC(=O)NCc1cccc(-c2cccc([C@H]3O[C@@H](CSc4ccccc4OC)[C@@H](C)[C@@H](c4ccc(CO)cc4)O3)c2)c1. The number of carbonyl (C=O) groups excluding carboxylic acids is 2. The Morgan fingerprint density at radius 3 is 2.35 bits per heavy atom. The van der Waals surface area contributed by atoms with Crippen LogP contribution in [-0.2, 0) is 32.2 Å². The Morgan fingerprint density at radius 2 is 1.60 bits per heavy atom. The van der Waals surface area contributed by atoms with E-state index in [0.717, 1.165) is 44.0 Å². The Bertz CT molecular complexity index is 1670. The molecule has 3 N–H and O–H groups in total. The number of hydrogen-bond acceptors (Lipinski definition) is 8. The van der Waals surface area contributed by atoms with Crippen LogP contribution in [0.1, 0.15) is 48.5 Å². The van der Waals surface area contributed by atoms with Crippen molar-refractivity contribution in [3.05, 3.63) is 119 Å². The monoisotopic (exact) mass is 670 g/mol. The Hall–Kier alpha value is -4.35. The highest BCUT2D eigenvalue weighted by molar-refractivity contribution is 7.99. The number of amides is 2. The predicted molar refractivity (Wildman–Crippen MR) is 185 cm³/mol. The van der Waals surface area contributed by atoms with E-state index < -0.39 is 18.3 Å². The molecule has 0 saturated carbocycles. The zero-order valence-corrected chi connectivity index (χ0v) is 28.2. The van der Waals surface area contributed by atoms with Crippen molar-refractivity contribution in [3.63, 3.8) is 0 Å². The summed E-state index contributed by atoms with van der Waals surface area (Å²) < 4.78 is 23.8. The normalized spacial score (nSPS) is 18.9. The number of thioether (sulfide) groups is 1. The van der Waals surface area contributed by atoms with Crippen LogP contribution in [0.25, 0.3) is 11.1 Å². The van der Waals surface area contributed by atoms with Crippen LogP contribution in [0.15, 0.2) is 102 Å². The van der Waals surface area contributed by atoms with E-state index in [1.54, 1.807) is 25.8 Å². The first-order valence-electron chi connectivity index (χ1n) is 16.0. The molecule has 4 aromatic rings. The van der Waals surface area contributed by atoms with E-state index in [1.807, 2.05) is 84.9 Å². The number of nitrogens with one attached hydrogen (secondary N) is 2. The van der Waals surface area contributed by atoms with E-state index >= 15 is 0 Å². The number of urea groups is 1. The minimum Gasteiger partial charge on any atom is -0.496 e. The molecule has 1 saturated heterocycles. The first-order chi connectivity index (χ1) is 23.4. The van der Waals surface area contributed by atoms with E-state index in [9.17, 15) is 14.7 Å². The third-order valence-electron chi connectivity index (χ3n) is 8.17. The van der Waals surface area contributed by atoms with Gasteiger partial charge < -0.3 is 34.7 Å². The van der Waals surface area contributed by atoms with Gasteiger partial charge in [0.2, 0.25) is 0 Å².